The molecule has 1 aromatic heterocycles. The first-order valence-corrected chi connectivity index (χ1v) is 13.2. The Balaban J connectivity index is 1.63. The normalized spacial score (nSPS) is 14.9. The standard InChI is InChI=1S/C26H31N3O4S/c1-17-15-20(18-11-13-29(14-12-18)25(30)33-26(2,3)4)16-22-23(17)27-24(28(22)5)19-7-9-21(10-8-19)34(6,31)32/h7-11,15-16H,12-14H2,1-6H3. The Labute approximate surface area is 201 Å². The van der Waals surface area contributed by atoms with Gasteiger partial charge in [-0.25, -0.2) is 18.2 Å². The lowest BCUT2D eigenvalue weighted by Gasteiger charge is -2.29. The van der Waals surface area contributed by atoms with Crippen LogP contribution < -0.4 is 0 Å². The molecule has 0 fully saturated rings. The molecule has 180 valence electrons. The van der Waals surface area contributed by atoms with Crippen molar-refractivity contribution in [3.05, 3.63) is 53.6 Å². The summed E-state index contributed by atoms with van der Waals surface area (Å²) in [6, 6.07) is 11.1. The van der Waals surface area contributed by atoms with Crippen molar-refractivity contribution in [3.63, 3.8) is 0 Å². The minimum absolute atomic E-state index is 0.285. The Bertz CT molecular complexity index is 1390. The van der Waals surface area contributed by atoms with E-state index in [0.717, 1.165) is 40.0 Å². The van der Waals surface area contributed by atoms with Crippen molar-refractivity contribution >= 4 is 32.5 Å². The van der Waals surface area contributed by atoms with Crippen LogP contribution in [-0.4, -0.2) is 53.9 Å². The van der Waals surface area contributed by atoms with Gasteiger partial charge in [-0.1, -0.05) is 6.08 Å². The average molecular weight is 482 g/mol. The number of imidazole rings is 1. The summed E-state index contributed by atoms with van der Waals surface area (Å²) in [7, 11) is -1.28. The third-order valence-electron chi connectivity index (χ3n) is 5.95. The smallest absolute Gasteiger partial charge is 0.410 e. The second-order valence-corrected chi connectivity index (χ2v) is 11.9. The number of nitrogens with zero attached hydrogens (tertiary/aromatic N) is 3. The molecule has 0 unspecified atom stereocenters. The van der Waals surface area contributed by atoms with Gasteiger partial charge < -0.3 is 14.2 Å². The minimum Gasteiger partial charge on any atom is -0.444 e. The molecule has 0 aliphatic carbocycles. The zero-order chi connectivity index (χ0) is 24.8. The Kier molecular flexibility index (Phi) is 6.06. The molecule has 1 aliphatic heterocycles. The molecule has 2 heterocycles. The van der Waals surface area contributed by atoms with Gasteiger partial charge in [0.05, 0.1) is 15.9 Å². The minimum atomic E-state index is -3.25. The lowest BCUT2D eigenvalue weighted by molar-refractivity contribution is 0.0270. The van der Waals surface area contributed by atoms with E-state index in [0.29, 0.717) is 13.1 Å². The Morgan fingerprint density at radius 1 is 1.09 bits per heavy atom. The van der Waals surface area contributed by atoms with Crippen molar-refractivity contribution in [3.8, 4) is 11.4 Å². The molecule has 0 N–H and O–H groups in total. The monoisotopic (exact) mass is 481 g/mol. The number of hydrogen-bond donors (Lipinski definition) is 0. The maximum Gasteiger partial charge on any atom is 0.410 e. The summed E-state index contributed by atoms with van der Waals surface area (Å²) >= 11 is 0. The van der Waals surface area contributed by atoms with Crippen molar-refractivity contribution < 1.29 is 17.9 Å². The van der Waals surface area contributed by atoms with Crippen LogP contribution in [0.1, 0.15) is 38.3 Å². The zero-order valence-electron chi connectivity index (χ0n) is 20.5. The number of benzene rings is 2. The number of aryl methyl sites for hydroxylation is 2. The van der Waals surface area contributed by atoms with Crippen LogP contribution >= 0.6 is 0 Å². The van der Waals surface area contributed by atoms with Gasteiger partial charge in [-0.3, -0.25) is 0 Å². The zero-order valence-corrected chi connectivity index (χ0v) is 21.4. The van der Waals surface area contributed by atoms with E-state index >= 15 is 0 Å². The highest BCUT2D eigenvalue weighted by molar-refractivity contribution is 7.90. The molecule has 0 radical (unpaired) electrons. The van der Waals surface area contributed by atoms with Gasteiger partial charge in [0.25, 0.3) is 0 Å². The summed E-state index contributed by atoms with van der Waals surface area (Å²) in [5, 5.41) is 0. The van der Waals surface area contributed by atoms with Crippen molar-refractivity contribution in [2.24, 2.45) is 7.05 Å². The van der Waals surface area contributed by atoms with Crippen LogP contribution in [0.2, 0.25) is 0 Å². The van der Waals surface area contributed by atoms with E-state index in [1.165, 1.54) is 11.8 Å². The van der Waals surface area contributed by atoms with Crippen molar-refractivity contribution in [1.82, 2.24) is 14.5 Å². The molecular weight excluding hydrogens is 450 g/mol. The van der Waals surface area contributed by atoms with Gasteiger partial charge >= 0.3 is 6.09 Å². The van der Waals surface area contributed by atoms with Crippen molar-refractivity contribution in [1.29, 1.82) is 0 Å². The molecule has 3 aromatic rings. The molecule has 0 spiro atoms. The van der Waals surface area contributed by atoms with Gasteiger partial charge in [-0.05, 0) is 87.2 Å². The van der Waals surface area contributed by atoms with Gasteiger partial charge in [-0.2, -0.15) is 0 Å². The molecule has 8 heteroatoms. The first-order valence-electron chi connectivity index (χ1n) is 11.3. The maximum atomic E-state index is 12.4. The largest absolute Gasteiger partial charge is 0.444 e. The molecule has 2 aromatic carbocycles. The molecule has 1 amide bonds. The first-order chi connectivity index (χ1) is 15.8. The molecule has 0 atom stereocenters. The fraction of sp³-hybridized carbons (Fsp3) is 0.385. The van der Waals surface area contributed by atoms with E-state index in [-0.39, 0.29) is 11.0 Å². The maximum absolute atomic E-state index is 12.4. The van der Waals surface area contributed by atoms with Crippen LogP contribution in [0.4, 0.5) is 4.79 Å². The highest BCUT2D eigenvalue weighted by atomic mass is 32.2. The second-order valence-electron chi connectivity index (χ2n) is 9.86. The van der Waals surface area contributed by atoms with Gasteiger partial charge in [0.2, 0.25) is 0 Å². The number of amides is 1. The van der Waals surface area contributed by atoms with E-state index < -0.39 is 15.4 Å². The highest BCUT2D eigenvalue weighted by Gasteiger charge is 2.24. The number of carbonyl (C=O) groups excluding carboxylic acids is 1. The van der Waals surface area contributed by atoms with E-state index in [1.807, 2.05) is 39.3 Å². The number of hydrogen-bond acceptors (Lipinski definition) is 5. The number of ether oxygens (including phenoxy) is 1. The number of sulfone groups is 1. The van der Waals surface area contributed by atoms with E-state index in [2.05, 4.69) is 18.2 Å². The second kappa shape index (κ2) is 8.58. The number of aromatic nitrogens is 2. The summed E-state index contributed by atoms with van der Waals surface area (Å²) in [5.74, 6) is 0.782. The van der Waals surface area contributed by atoms with Crippen LogP contribution in [0.3, 0.4) is 0 Å². The predicted octanol–water partition coefficient (Wildman–Crippen LogP) is 4.98. The van der Waals surface area contributed by atoms with Crippen LogP contribution in [0.5, 0.6) is 0 Å². The average Bonchev–Trinajstić information content (AvgIpc) is 3.09. The summed E-state index contributed by atoms with van der Waals surface area (Å²) in [5.41, 5.74) is 5.66. The lowest BCUT2D eigenvalue weighted by atomic mass is 9.97. The van der Waals surface area contributed by atoms with Crippen molar-refractivity contribution in [2.75, 3.05) is 19.3 Å². The third kappa shape index (κ3) is 4.87. The Morgan fingerprint density at radius 3 is 2.32 bits per heavy atom. The van der Waals surface area contributed by atoms with Crippen LogP contribution in [0, 0.1) is 6.92 Å². The van der Waals surface area contributed by atoms with Crippen LogP contribution in [-0.2, 0) is 21.6 Å². The number of carbonyl (C=O) groups is 1. The molecule has 0 bridgehead atoms. The number of fused-ring (bicyclic) bond motifs is 1. The van der Waals surface area contributed by atoms with Crippen molar-refractivity contribution in [2.45, 2.75) is 44.6 Å². The van der Waals surface area contributed by atoms with Crippen LogP contribution in [0.15, 0.2) is 47.4 Å². The number of rotatable bonds is 3. The summed E-state index contributed by atoms with van der Waals surface area (Å²) in [6.45, 7) is 8.79. The first kappa shape index (κ1) is 24.0. The highest BCUT2D eigenvalue weighted by Crippen LogP contribution is 2.31. The molecule has 34 heavy (non-hydrogen) atoms. The lowest BCUT2D eigenvalue weighted by Crippen LogP contribution is -2.39. The Morgan fingerprint density at radius 2 is 1.76 bits per heavy atom. The summed E-state index contributed by atoms with van der Waals surface area (Å²) < 4.78 is 31.1. The molecule has 7 nitrogen and oxygen atoms in total. The topological polar surface area (TPSA) is 81.5 Å². The summed E-state index contributed by atoms with van der Waals surface area (Å²) in [4.78, 5) is 19.2. The van der Waals surface area contributed by atoms with Gasteiger partial charge in [0, 0.05) is 32.0 Å². The molecule has 0 saturated carbocycles. The Hall–Kier alpha value is -3.13. The van der Waals surface area contributed by atoms with E-state index in [1.54, 1.807) is 29.2 Å². The quantitative estimate of drug-likeness (QED) is 0.527. The van der Waals surface area contributed by atoms with Gasteiger partial charge in [-0.15, -0.1) is 0 Å². The fourth-order valence-corrected chi connectivity index (χ4v) is 4.81. The molecule has 1 aliphatic rings. The van der Waals surface area contributed by atoms with Gasteiger partial charge in [0.15, 0.2) is 9.84 Å². The van der Waals surface area contributed by atoms with E-state index in [4.69, 9.17) is 9.72 Å². The predicted molar refractivity (Wildman–Crippen MR) is 134 cm³/mol. The van der Waals surface area contributed by atoms with Crippen LogP contribution in [0.25, 0.3) is 28.0 Å². The molecule has 4 rings (SSSR count). The molecule has 0 saturated heterocycles. The van der Waals surface area contributed by atoms with E-state index in [9.17, 15) is 13.2 Å². The fourth-order valence-electron chi connectivity index (χ4n) is 4.18. The summed E-state index contributed by atoms with van der Waals surface area (Å²) in [6.07, 6.45) is 3.76. The molecular formula is C26H31N3O4S. The SMILES string of the molecule is Cc1cc(C2=CCN(C(=O)OC(C)(C)C)CC2)cc2c1nc(-c1ccc(S(C)(=O)=O)cc1)n2C. The third-order valence-corrected chi connectivity index (χ3v) is 7.08. The van der Waals surface area contributed by atoms with Gasteiger partial charge in [0.1, 0.15) is 11.4 Å².